The van der Waals surface area contributed by atoms with Gasteiger partial charge in [0.05, 0.1) is 6.04 Å². The molecule has 224 valence electrons. The Balaban J connectivity index is 1.09. The number of hydrogen-bond donors (Lipinski definition) is 2. The minimum atomic E-state index is -0.221. The Morgan fingerprint density at radius 2 is 1.72 bits per heavy atom. The quantitative estimate of drug-likeness (QED) is 0.265. The number of likely N-dealkylation sites (tertiary alicyclic amines) is 1. The van der Waals surface area contributed by atoms with Crippen molar-refractivity contribution in [1.29, 1.82) is 0 Å². The van der Waals surface area contributed by atoms with Crippen LogP contribution in [-0.4, -0.2) is 35.3 Å². The summed E-state index contributed by atoms with van der Waals surface area (Å²) >= 11 is 6.15. The molecule has 3 aromatic carbocycles. The SMILES string of the molecule is O=C(NC(CC=C1CCC(c2ccccc2CN2CCCC2=O)CC1)Cc1ccc(Cl)cc1)C1Cc2ccccc2CN1. The predicted octanol–water partition coefficient (Wildman–Crippen LogP) is 6.88. The molecule has 5 nitrogen and oxygen atoms in total. The number of hydrogen-bond acceptors (Lipinski definition) is 3. The molecule has 1 saturated heterocycles. The number of allylic oxidation sites excluding steroid dienone is 1. The Morgan fingerprint density at radius 3 is 2.49 bits per heavy atom. The Morgan fingerprint density at radius 1 is 0.977 bits per heavy atom. The molecule has 2 amide bonds. The van der Waals surface area contributed by atoms with Gasteiger partial charge >= 0.3 is 0 Å². The van der Waals surface area contributed by atoms with Crippen LogP contribution in [0.5, 0.6) is 0 Å². The van der Waals surface area contributed by atoms with E-state index in [2.05, 4.69) is 77.4 Å². The number of halogens is 1. The molecule has 2 heterocycles. The van der Waals surface area contributed by atoms with Crippen LogP contribution < -0.4 is 10.6 Å². The number of carbonyl (C=O) groups is 2. The molecule has 1 saturated carbocycles. The first kappa shape index (κ1) is 29.7. The lowest BCUT2D eigenvalue weighted by atomic mass is 9.79. The van der Waals surface area contributed by atoms with Crippen LogP contribution in [0.25, 0.3) is 0 Å². The van der Waals surface area contributed by atoms with E-state index in [4.69, 9.17) is 11.6 Å². The summed E-state index contributed by atoms with van der Waals surface area (Å²) < 4.78 is 0. The first-order chi connectivity index (χ1) is 21.0. The summed E-state index contributed by atoms with van der Waals surface area (Å²) in [6.07, 6.45) is 10.7. The third-order valence-electron chi connectivity index (χ3n) is 9.49. The lowest BCUT2D eigenvalue weighted by molar-refractivity contribution is -0.128. The Kier molecular flexibility index (Phi) is 9.60. The Hall–Kier alpha value is -3.41. The summed E-state index contributed by atoms with van der Waals surface area (Å²) in [5.41, 5.74) is 7.91. The second kappa shape index (κ2) is 13.9. The van der Waals surface area contributed by atoms with Crippen molar-refractivity contribution in [3.63, 3.8) is 0 Å². The summed E-state index contributed by atoms with van der Waals surface area (Å²) in [4.78, 5) is 27.7. The molecule has 3 aliphatic rings. The number of benzene rings is 3. The van der Waals surface area contributed by atoms with Crippen LogP contribution in [0, 0.1) is 0 Å². The maximum Gasteiger partial charge on any atom is 0.237 e. The molecule has 3 aromatic rings. The highest BCUT2D eigenvalue weighted by Crippen LogP contribution is 2.37. The van der Waals surface area contributed by atoms with Crippen molar-refractivity contribution in [2.75, 3.05) is 6.54 Å². The smallest absolute Gasteiger partial charge is 0.237 e. The van der Waals surface area contributed by atoms with E-state index in [0.29, 0.717) is 18.8 Å². The van der Waals surface area contributed by atoms with Crippen LogP contribution >= 0.6 is 11.6 Å². The predicted molar refractivity (Wildman–Crippen MR) is 173 cm³/mol. The van der Waals surface area contributed by atoms with Crippen LogP contribution in [0.1, 0.15) is 78.7 Å². The standard InChI is InChI=1S/C37H42ClN3O2/c38-32-18-13-27(14-19-32)22-33(40-37(43)35-23-29-6-1-2-7-30(29)24-39-35)20-15-26-11-16-28(17-12-26)34-9-4-3-8-31(34)25-41-21-5-10-36(41)42/h1-4,6-9,13-15,18-19,28,33,35,39H,5,10-12,16-17,20-25H2,(H,40,43). The maximum atomic E-state index is 13.4. The monoisotopic (exact) mass is 595 g/mol. The normalized spacial score (nSPS) is 20.9. The third kappa shape index (κ3) is 7.57. The van der Waals surface area contributed by atoms with Crippen molar-refractivity contribution in [2.24, 2.45) is 0 Å². The topological polar surface area (TPSA) is 61.4 Å². The van der Waals surface area contributed by atoms with Gasteiger partial charge in [0.25, 0.3) is 0 Å². The van der Waals surface area contributed by atoms with Crippen molar-refractivity contribution in [2.45, 2.75) is 88.9 Å². The molecule has 0 spiro atoms. The fourth-order valence-electron chi connectivity index (χ4n) is 7.01. The number of amides is 2. The first-order valence-corrected chi connectivity index (χ1v) is 16.3. The van der Waals surface area contributed by atoms with Crippen molar-refractivity contribution in [3.8, 4) is 0 Å². The molecule has 1 aliphatic carbocycles. The van der Waals surface area contributed by atoms with E-state index >= 15 is 0 Å². The average Bonchev–Trinajstić information content (AvgIpc) is 3.45. The number of nitrogens with one attached hydrogen (secondary N) is 2. The van der Waals surface area contributed by atoms with E-state index in [0.717, 1.165) is 69.6 Å². The number of rotatable bonds is 9. The van der Waals surface area contributed by atoms with Gasteiger partial charge < -0.3 is 15.5 Å². The number of nitrogens with zero attached hydrogens (tertiary/aromatic N) is 1. The zero-order valence-electron chi connectivity index (χ0n) is 24.9. The van der Waals surface area contributed by atoms with Gasteiger partial charge in [-0.25, -0.2) is 0 Å². The van der Waals surface area contributed by atoms with E-state index in [1.165, 1.54) is 33.4 Å². The third-order valence-corrected chi connectivity index (χ3v) is 9.74. The van der Waals surface area contributed by atoms with Gasteiger partial charge in [0.2, 0.25) is 11.8 Å². The molecule has 2 aliphatic heterocycles. The van der Waals surface area contributed by atoms with Crippen LogP contribution in [0.4, 0.5) is 0 Å². The van der Waals surface area contributed by atoms with E-state index in [1.54, 1.807) is 0 Å². The second-order valence-corrected chi connectivity index (χ2v) is 12.9. The van der Waals surface area contributed by atoms with E-state index < -0.39 is 0 Å². The average molecular weight is 596 g/mol. The molecule has 6 rings (SSSR count). The van der Waals surface area contributed by atoms with Crippen molar-refractivity contribution in [1.82, 2.24) is 15.5 Å². The van der Waals surface area contributed by atoms with Crippen molar-refractivity contribution >= 4 is 23.4 Å². The van der Waals surface area contributed by atoms with Gasteiger partial charge in [0.1, 0.15) is 0 Å². The zero-order valence-corrected chi connectivity index (χ0v) is 25.6. The highest BCUT2D eigenvalue weighted by Gasteiger charge is 2.27. The van der Waals surface area contributed by atoms with Crippen LogP contribution in [0.15, 0.2) is 84.4 Å². The van der Waals surface area contributed by atoms with E-state index in [9.17, 15) is 9.59 Å². The molecule has 2 unspecified atom stereocenters. The summed E-state index contributed by atoms with van der Waals surface area (Å²) in [5.74, 6) is 0.882. The lowest BCUT2D eigenvalue weighted by Crippen LogP contribution is -2.50. The maximum absolute atomic E-state index is 13.4. The molecule has 6 heteroatoms. The molecule has 2 N–H and O–H groups in total. The summed E-state index contributed by atoms with van der Waals surface area (Å²) in [5, 5.41) is 7.55. The molecule has 0 aromatic heterocycles. The molecule has 0 bridgehead atoms. The summed E-state index contributed by atoms with van der Waals surface area (Å²) in [6, 6.07) is 24.8. The van der Waals surface area contributed by atoms with Gasteiger partial charge in [0, 0.05) is 37.1 Å². The largest absolute Gasteiger partial charge is 0.351 e. The Bertz CT molecular complexity index is 1460. The van der Waals surface area contributed by atoms with E-state index in [-0.39, 0.29) is 23.9 Å². The molecule has 0 radical (unpaired) electrons. The highest BCUT2D eigenvalue weighted by molar-refractivity contribution is 6.30. The minimum absolute atomic E-state index is 0.0107. The molecular formula is C37H42ClN3O2. The number of carbonyl (C=O) groups excluding carboxylic acids is 2. The summed E-state index contributed by atoms with van der Waals surface area (Å²) in [6.45, 7) is 2.34. The first-order valence-electron chi connectivity index (χ1n) is 15.9. The fourth-order valence-corrected chi connectivity index (χ4v) is 7.13. The van der Waals surface area contributed by atoms with Gasteiger partial charge in [-0.3, -0.25) is 9.59 Å². The second-order valence-electron chi connectivity index (χ2n) is 12.4. The van der Waals surface area contributed by atoms with Gasteiger partial charge in [-0.05, 0) is 97.2 Å². The number of fused-ring (bicyclic) bond motifs is 1. The van der Waals surface area contributed by atoms with Gasteiger partial charge in [0.15, 0.2) is 0 Å². The van der Waals surface area contributed by atoms with Gasteiger partial charge in [-0.2, -0.15) is 0 Å². The molecular weight excluding hydrogens is 554 g/mol. The van der Waals surface area contributed by atoms with Crippen LogP contribution in [0.3, 0.4) is 0 Å². The molecule has 2 atom stereocenters. The molecule has 2 fully saturated rings. The lowest BCUT2D eigenvalue weighted by Gasteiger charge is -2.29. The zero-order chi connectivity index (χ0) is 29.6. The Labute approximate surface area is 260 Å². The summed E-state index contributed by atoms with van der Waals surface area (Å²) in [7, 11) is 0. The van der Waals surface area contributed by atoms with Crippen molar-refractivity contribution < 1.29 is 9.59 Å². The van der Waals surface area contributed by atoms with Crippen LogP contribution in [0.2, 0.25) is 5.02 Å². The van der Waals surface area contributed by atoms with Crippen molar-refractivity contribution in [3.05, 3.63) is 117 Å². The minimum Gasteiger partial charge on any atom is -0.351 e. The van der Waals surface area contributed by atoms with Crippen LogP contribution in [-0.2, 0) is 35.5 Å². The fraction of sp³-hybridized carbons (Fsp3) is 0.405. The van der Waals surface area contributed by atoms with Gasteiger partial charge in [-0.1, -0.05) is 83.9 Å². The highest BCUT2D eigenvalue weighted by atomic mass is 35.5. The van der Waals surface area contributed by atoms with Gasteiger partial charge in [-0.15, -0.1) is 0 Å². The molecule has 43 heavy (non-hydrogen) atoms. The van der Waals surface area contributed by atoms with E-state index in [1.807, 2.05) is 17.0 Å².